The molecule has 28 heavy (non-hydrogen) atoms. The monoisotopic (exact) mass is 375 g/mol. The van der Waals surface area contributed by atoms with Gasteiger partial charge in [0.25, 0.3) is 0 Å². The van der Waals surface area contributed by atoms with Gasteiger partial charge in [-0.2, -0.15) is 0 Å². The molecule has 0 spiro atoms. The minimum Gasteiger partial charge on any atom is -0.494 e. The van der Waals surface area contributed by atoms with Gasteiger partial charge in [-0.15, -0.1) is 0 Å². The van der Waals surface area contributed by atoms with Crippen LogP contribution < -0.4 is 10.1 Å². The highest BCUT2D eigenvalue weighted by Gasteiger charge is 2.02. The maximum atomic E-state index is 12.2. The SMILES string of the molecule is CN(C)CCCOc1ccc(NC(=O)/C=C/c2ccnc3ccccc23)cc1. The van der Waals surface area contributed by atoms with Gasteiger partial charge < -0.3 is 15.0 Å². The summed E-state index contributed by atoms with van der Waals surface area (Å²) in [7, 11) is 4.09. The second-order valence-electron chi connectivity index (χ2n) is 6.77. The van der Waals surface area contributed by atoms with Crippen LogP contribution in [0.5, 0.6) is 5.75 Å². The summed E-state index contributed by atoms with van der Waals surface area (Å²) in [5.41, 5.74) is 2.60. The molecule has 0 aliphatic rings. The Labute approximate surface area is 165 Å². The molecule has 3 rings (SSSR count). The maximum absolute atomic E-state index is 12.2. The molecule has 0 saturated carbocycles. The van der Waals surface area contributed by atoms with Crippen molar-refractivity contribution >= 4 is 28.6 Å². The first-order valence-electron chi connectivity index (χ1n) is 9.32. The van der Waals surface area contributed by atoms with E-state index in [9.17, 15) is 4.79 Å². The predicted molar refractivity (Wildman–Crippen MR) is 115 cm³/mol. The van der Waals surface area contributed by atoms with Crippen molar-refractivity contribution < 1.29 is 9.53 Å². The number of rotatable bonds is 8. The number of carbonyl (C=O) groups excluding carboxylic acids is 1. The summed E-state index contributed by atoms with van der Waals surface area (Å²) in [4.78, 5) is 18.7. The Morgan fingerprint density at radius 1 is 1.11 bits per heavy atom. The number of pyridine rings is 1. The number of nitrogens with zero attached hydrogens (tertiary/aromatic N) is 2. The minimum atomic E-state index is -0.180. The van der Waals surface area contributed by atoms with Gasteiger partial charge >= 0.3 is 0 Å². The van der Waals surface area contributed by atoms with Crippen molar-refractivity contribution in [3.63, 3.8) is 0 Å². The molecule has 1 N–H and O–H groups in total. The summed E-state index contributed by atoms with van der Waals surface area (Å²) < 4.78 is 5.70. The van der Waals surface area contributed by atoms with Crippen LogP contribution in [0.3, 0.4) is 0 Å². The average Bonchev–Trinajstić information content (AvgIpc) is 2.70. The fraction of sp³-hybridized carbons (Fsp3) is 0.217. The molecule has 0 saturated heterocycles. The summed E-state index contributed by atoms with van der Waals surface area (Å²) in [5, 5.41) is 3.88. The fourth-order valence-corrected chi connectivity index (χ4v) is 2.82. The number of carbonyl (C=O) groups is 1. The third kappa shape index (κ3) is 5.66. The van der Waals surface area contributed by atoms with Crippen molar-refractivity contribution in [2.24, 2.45) is 0 Å². The van der Waals surface area contributed by atoms with Gasteiger partial charge in [-0.3, -0.25) is 9.78 Å². The van der Waals surface area contributed by atoms with Crippen LogP contribution in [-0.4, -0.2) is 43.0 Å². The van der Waals surface area contributed by atoms with E-state index in [-0.39, 0.29) is 5.91 Å². The zero-order chi connectivity index (χ0) is 19.8. The van der Waals surface area contributed by atoms with Crippen molar-refractivity contribution in [1.82, 2.24) is 9.88 Å². The third-order valence-electron chi connectivity index (χ3n) is 4.24. The Balaban J connectivity index is 1.55. The molecule has 1 amide bonds. The number of ether oxygens (including phenoxy) is 1. The highest BCUT2D eigenvalue weighted by molar-refractivity contribution is 6.03. The van der Waals surface area contributed by atoms with E-state index in [2.05, 4.69) is 15.2 Å². The molecule has 0 bridgehead atoms. The van der Waals surface area contributed by atoms with E-state index in [0.29, 0.717) is 6.61 Å². The highest BCUT2D eigenvalue weighted by atomic mass is 16.5. The van der Waals surface area contributed by atoms with Crippen LogP contribution in [0, 0.1) is 0 Å². The average molecular weight is 375 g/mol. The van der Waals surface area contributed by atoms with E-state index in [0.717, 1.165) is 40.9 Å². The van der Waals surface area contributed by atoms with Gasteiger partial charge in [0.15, 0.2) is 0 Å². The largest absolute Gasteiger partial charge is 0.494 e. The van der Waals surface area contributed by atoms with E-state index in [1.807, 2.05) is 74.8 Å². The number of fused-ring (bicyclic) bond motifs is 1. The van der Waals surface area contributed by atoms with Gasteiger partial charge in [0.05, 0.1) is 12.1 Å². The molecule has 1 heterocycles. The Morgan fingerprint density at radius 3 is 2.68 bits per heavy atom. The first-order valence-corrected chi connectivity index (χ1v) is 9.32. The Bertz CT molecular complexity index is 944. The summed E-state index contributed by atoms with van der Waals surface area (Å²) in [6.45, 7) is 1.67. The van der Waals surface area contributed by atoms with Crippen LogP contribution in [0.1, 0.15) is 12.0 Å². The van der Waals surface area contributed by atoms with Crippen LogP contribution >= 0.6 is 0 Å². The molecule has 144 valence electrons. The van der Waals surface area contributed by atoms with Gasteiger partial charge in [-0.1, -0.05) is 18.2 Å². The molecule has 0 atom stereocenters. The lowest BCUT2D eigenvalue weighted by atomic mass is 10.1. The predicted octanol–water partition coefficient (Wildman–Crippen LogP) is 4.22. The Morgan fingerprint density at radius 2 is 1.89 bits per heavy atom. The van der Waals surface area contributed by atoms with Crippen molar-refractivity contribution in [2.45, 2.75) is 6.42 Å². The number of benzene rings is 2. The summed E-state index contributed by atoms with van der Waals surface area (Å²) >= 11 is 0. The van der Waals surface area contributed by atoms with Gasteiger partial charge in [0.1, 0.15) is 5.75 Å². The lowest BCUT2D eigenvalue weighted by Gasteiger charge is -2.10. The standard InChI is InChI=1S/C23H25N3O2/c1-26(2)16-5-17-28-20-11-9-19(10-12-20)25-23(27)13-8-18-14-15-24-22-7-4-3-6-21(18)22/h3-4,6-15H,5,16-17H2,1-2H3,(H,25,27)/b13-8+. The van der Waals surface area contributed by atoms with Crippen molar-refractivity contribution in [1.29, 1.82) is 0 Å². The summed E-state index contributed by atoms with van der Waals surface area (Å²) in [5.74, 6) is 0.621. The Kier molecular flexibility index (Phi) is 6.76. The van der Waals surface area contributed by atoms with Crippen LogP contribution in [0.15, 0.2) is 66.9 Å². The van der Waals surface area contributed by atoms with Crippen molar-refractivity contribution in [3.8, 4) is 5.75 Å². The first kappa shape index (κ1) is 19.6. The van der Waals surface area contributed by atoms with Crippen LogP contribution in [0.4, 0.5) is 5.69 Å². The quantitative estimate of drug-likeness (QED) is 0.473. The second-order valence-corrected chi connectivity index (χ2v) is 6.77. The molecular formula is C23H25N3O2. The molecule has 1 aromatic heterocycles. The van der Waals surface area contributed by atoms with Crippen LogP contribution in [0.25, 0.3) is 17.0 Å². The molecule has 0 aliphatic carbocycles. The van der Waals surface area contributed by atoms with E-state index in [1.54, 1.807) is 6.20 Å². The van der Waals surface area contributed by atoms with Gasteiger partial charge in [0.2, 0.25) is 5.91 Å². The molecule has 0 unspecified atom stereocenters. The summed E-state index contributed by atoms with van der Waals surface area (Å²) in [6, 6.07) is 17.2. The molecule has 0 radical (unpaired) electrons. The summed E-state index contributed by atoms with van der Waals surface area (Å²) in [6.07, 6.45) is 6.06. The molecule has 3 aromatic rings. The molecule has 5 nitrogen and oxygen atoms in total. The molecule has 5 heteroatoms. The van der Waals surface area contributed by atoms with Gasteiger partial charge in [-0.25, -0.2) is 0 Å². The van der Waals surface area contributed by atoms with Crippen LogP contribution in [0.2, 0.25) is 0 Å². The zero-order valence-electron chi connectivity index (χ0n) is 16.3. The second kappa shape index (κ2) is 9.67. The number of hydrogen-bond acceptors (Lipinski definition) is 4. The van der Waals surface area contributed by atoms with Gasteiger partial charge in [0, 0.05) is 29.9 Å². The number of anilines is 1. The number of nitrogens with one attached hydrogen (secondary N) is 1. The minimum absolute atomic E-state index is 0.180. The molecule has 0 aliphatic heterocycles. The smallest absolute Gasteiger partial charge is 0.248 e. The fourth-order valence-electron chi connectivity index (χ4n) is 2.82. The number of amides is 1. The lowest BCUT2D eigenvalue weighted by molar-refractivity contribution is -0.111. The van der Waals surface area contributed by atoms with E-state index in [1.165, 1.54) is 6.08 Å². The Hall–Kier alpha value is -3.18. The first-order chi connectivity index (χ1) is 13.6. The highest BCUT2D eigenvalue weighted by Crippen LogP contribution is 2.18. The number of para-hydroxylation sites is 1. The van der Waals surface area contributed by atoms with Gasteiger partial charge in [-0.05, 0) is 68.6 Å². The van der Waals surface area contributed by atoms with Crippen molar-refractivity contribution in [2.75, 3.05) is 32.6 Å². The van der Waals surface area contributed by atoms with Crippen LogP contribution in [-0.2, 0) is 4.79 Å². The zero-order valence-corrected chi connectivity index (χ0v) is 16.3. The molecule has 0 fully saturated rings. The molecule has 2 aromatic carbocycles. The molecular weight excluding hydrogens is 350 g/mol. The van der Waals surface area contributed by atoms with Crippen molar-refractivity contribution in [3.05, 3.63) is 72.4 Å². The van der Waals surface area contributed by atoms with E-state index in [4.69, 9.17) is 4.74 Å². The topological polar surface area (TPSA) is 54.5 Å². The maximum Gasteiger partial charge on any atom is 0.248 e. The third-order valence-corrected chi connectivity index (χ3v) is 4.24. The van der Waals surface area contributed by atoms with E-state index < -0.39 is 0 Å². The normalized spacial score (nSPS) is 11.2. The lowest BCUT2D eigenvalue weighted by Crippen LogP contribution is -2.15. The van der Waals surface area contributed by atoms with E-state index >= 15 is 0 Å². The number of aromatic nitrogens is 1. The number of hydrogen-bond donors (Lipinski definition) is 1.